The molecule has 0 N–H and O–H groups in total. The zero-order chi connectivity index (χ0) is 14.2. The molecule has 3 heteroatoms. The summed E-state index contributed by atoms with van der Waals surface area (Å²) in [7, 11) is 0. The summed E-state index contributed by atoms with van der Waals surface area (Å²) in [5, 5.41) is 0. The minimum Gasteiger partial charge on any atom is -0.489 e. The van der Waals surface area contributed by atoms with Crippen molar-refractivity contribution in [2.75, 3.05) is 5.88 Å². The molecule has 1 nitrogen and oxygen atoms in total. The first-order chi connectivity index (χ1) is 9.78. The highest BCUT2D eigenvalue weighted by molar-refractivity contribution is 6.18. The zero-order valence-corrected chi connectivity index (χ0v) is 11.7. The van der Waals surface area contributed by atoms with Crippen molar-refractivity contribution in [1.29, 1.82) is 0 Å². The smallest absolute Gasteiger partial charge is 0.123 e. The van der Waals surface area contributed by atoms with Gasteiger partial charge in [0.05, 0.1) is 0 Å². The zero-order valence-electron chi connectivity index (χ0n) is 10.9. The van der Waals surface area contributed by atoms with Crippen molar-refractivity contribution < 1.29 is 9.13 Å². The van der Waals surface area contributed by atoms with Crippen molar-refractivity contribution in [3.63, 3.8) is 0 Å². The fourth-order valence-corrected chi connectivity index (χ4v) is 1.73. The van der Waals surface area contributed by atoms with Crippen LogP contribution in [0.3, 0.4) is 0 Å². The summed E-state index contributed by atoms with van der Waals surface area (Å²) >= 11 is 5.55. The van der Waals surface area contributed by atoms with Gasteiger partial charge in [0.2, 0.25) is 0 Å². The van der Waals surface area contributed by atoms with Gasteiger partial charge < -0.3 is 4.74 Å². The minimum atomic E-state index is -0.254. The van der Waals surface area contributed by atoms with Gasteiger partial charge in [-0.05, 0) is 42.0 Å². The van der Waals surface area contributed by atoms with Gasteiger partial charge in [0.25, 0.3) is 0 Å². The predicted molar refractivity (Wildman–Crippen MR) is 79.4 cm³/mol. The van der Waals surface area contributed by atoms with E-state index >= 15 is 0 Å². The van der Waals surface area contributed by atoms with Crippen molar-refractivity contribution in [3.8, 4) is 17.6 Å². The Balaban J connectivity index is 1.93. The summed E-state index contributed by atoms with van der Waals surface area (Å²) in [6.45, 7) is 0.342. The van der Waals surface area contributed by atoms with E-state index in [-0.39, 0.29) is 5.82 Å². The van der Waals surface area contributed by atoms with Crippen LogP contribution in [0.1, 0.15) is 17.5 Å². The fourth-order valence-electron chi connectivity index (χ4n) is 1.64. The second kappa shape index (κ2) is 7.57. The molecule has 0 fully saturated rings. The molecule has 0 saturated carbocycles. The van der Waals surface area contributed by atoms with Crippen LogP contribution >= 0.6 is 11.6 Å². The first kappa shape index (κ1) is 14.4. The van der Waals surface area contributed by atoms with Crippen LogP contribution in [0.4, 0.5) is 4.39 Å². The van der Waals surface area contributed by atoms with E-state index in [0.717, 1.165) is 16.9 Å². The Morgan fingerprint density at radius 1 is 1.10 bits per heavy atom. The average molecular weight is 289 g/mol. The van der Waals surface area contributed by atoms with Crippen LogP contribution in [0, 0.1) is 17.7 Å². The molecule has 0 amide bonds. The summed E-state index contributed by atoms with van der Waals surface area (Å²) in [6.07, 6.45) is 0.680. The van der Waals surface area contributed by atoms with Gasteiger partial charge in [-0.2, -0.15) is 0 Å². The molecule has 0 aliphatic carbocycles. The molecule has 2 rings (SSSR count). The fraction of sp³-hybridized carbons (Fsp3) is 0.176. The molecule has 0 aliphatic heterocycles. The standard InChI is InChI=1S/C17H14ClFO/c18-11-2-1-4-14-7-9-17(10-8-14)20-13-15-5-3-6-16(19)12-15/h3,5-10,12H,2,11,13H2. The van der Waals surface area contributed by atoms with Crippen molar-refractivity contribution in [2.45, 2.75) is 13.0 Å². The van der Waals surface area contributed by atoms with Gasteiger partial charge in [-0.1, -0.05) is 24.0 Å². The molecule has 0 unspecified atom stereocenters. The van der Waals surface area contributed by atoms with E-state index in [4.69, 9.17) is 16.3 Å². The number of hydrogen-bond donors (Lipinski definition) is 0. The van der Waals surface area contributed by atoms with Crippen LogP contribution in [0.5, 0.6) is 5.75 Å². The Morgan fingerprint density at radius 2 is 1.90 bits per heavy atom. The third-order valence-electron chi connectivity index (χ3n) is 2.60. The van der Waals surface area contributed by atoms with Crippen LogP contribution in [0.15, 0.2) is 48.5 Å². The summed E-state index contributed by atoms with van der Waals surface area (Å²) in [5.41, 5.74) is 1.73. The summed E-state index contributed by atoms with van der Waals surface area (Å²) in [6, 6.07) is 13.9. The van der Waals surface area contributed by atoms with Crippen molar-refractivity contribution in [1.82, 2.24) is 0 Å². The lowest BCUT2D eigenvalue weighted by atomic mass is 10.2. The second-order valence-electron chi connectivity index (χ2n) is 4.18. The van der Waals surface area contributed by atoms with Gasteiger partial charge in [-0.25, -0.2) is 4.39 Å². The maximum Gasteiger partial charge on any atom is 0.123 e. The van der Waals surface area contributed by atoms with Crippen molar-refractivity contribution in [2.24, 2.45) is 0 Å². The van der Waals surface area contributed by atoms with Crippen LogP contribution < -0.4 is 4.74 Å². The number of benzene rings is 2. The third kappa shape index (κ3) is 4.60. The Hall–Kier alpha value is -1.98. The summed E-state index contributed by atoms with van der Waals surface area (Å²) in [4.78, 5) is 0. The summed E-state index contributed by atoms with van der Waals surface area (Å²) < 4.78 is 18.6. The van der Waals surface area contributed by atoms with E-state index in [1.54, 1.807) is 6.07 Å². The number of alkyl halides is 1. The molecule has 2 aromatic carbocycles. The van der Waals surface area contributed by atoms with Crippen LogP contribution in [0.2, 0.25) is 0 Å². The molecule has 0 bridgehead atoms. The molecule has 102 valence electrons. The van der Waals surface area contributed by atoms with E-state index in [1.807, 2.05) is 30.3 Å². The quantitative estimate of drug-likeness (QED) is 0.599. The average Bonchev–Trinajstić information content (AvgIpc) is 2.47. The Morgan fingerprint density at radius 3 is 2.60 bits per heavy atom. The van der Waals surface area contributed by atoms with E-state index in [0.29, 0.717) is 18.9 Å². The van der Waals surface area contributed by atoms with E-state index in [1.165, 1.54) is 12.1 Å². The minimum absolute atomic E-state index is 0.254. The lowest BCUT2D eigenvalue weighted by molar-refractivity contribution is 0.305. The van der Waals surface area contributed by atoms with Gasteiger partial charge in [-0.15, -0.1) is 11.6 Å². The molecule has 0 spiro atoms. The van der Waals surface area contributed by atoms with Gasteiger partial charge in [-0.3, -0.25) is 0 Å². The number of hydrogen-bond acceptors (Lipinski definition) is 1. The molecular weight excluding hydrogens is 275 g/mol. The molecule has 0 heterocycles. The van der Waals surface area contributed by atoms with E-state index in [9.17, 15) is 4.39 Å². The molecular formula is C17H14ClFO. The van der Waals surface area contributed by atoms with Crippen LogP contribution in [-0.4, -0.2) is 5.88 Å². The molecule has 2 aromatic rings. The second-order valence-corrected chi connectivity index (χ2v) is 4.56. The van der Waals surface area contributed by atoms with E-state index < -0.39 is 0 Å². The molecule has 0 atom stereocenters. The van der Waals surface area contributed by atoms with E-state index in [2.05, 4.69) is 11.8 Å². The lowest BCUT2D eigenvalue weighted by Crippen LogP contribution is -1.95. The van der Waals surface area contributed by atoms with Gasteiger partial charge in [0, 0.05) is 17.9 Å². The topological polar surface area (TPSA) is 9.23 Å². The summed E-state index contributed by atoms with van der Waals surface area (Å²) in [5.74, 6) is 7.01. The molecule has 0 saturated heterocycles. The van der Waals surface area contributed by atoms with Gasteiger partial charge in [0.15, 0.2) is 0 Å². The first-order valence-electron chi connectivity index (χ1n) is 6.30. The van der Waals surface area contributed by atoms with Gasteiger partial charge >= 0.3 is 0 Å². The lowest BCUT2D eigenvalue weighted by Gasteiger charge is -2.06. The van der Waals surface area contributed by atoms with Gasteiger partial charge in [0.1, 0.15) is 18.2 Å². The number of rotatable bonds is 4. The third-order valence-corrected chi connectivity index (χ3v) is 2.79. The Labute approximate surface area is 123 Å². The van der Waals surface area contributed by atoms with Crippen LogP contribution in [0.25, 0.3) is 0 Å². The molecule has 0 aromatic heterocycles. The number of halogens is 2. The maximum absolute atomic E-state index is 13.0. The van der Waals surface area contributed by atoms with Crippen molar-refractivity contribution in [3.05, 3.63) is 65.5 Å². The van der Waals surface area contributed by atoms with Crippen molar-refractivity contribution >= 4 is 11.6 Å². The monoisotopic (exact) mass is 288 g/mol. The molecule has 0 radical (unpaired) electrons. The SMILES string of the molecule is Fc1cccc(COc2ccc(C#CCCCl)cc2)c1. The maximum atomic E-state index is 13.0. The highest BCUT2D eigenvalue weighted by atomic mass is 35.5. The predicted octanol–water partition coefficient (Wildman–Crippen LogP) is 4.39. The highest BCUT2D eigenvalue weighted by Crippen LogP contribution is 2.14. The normalized spacial score (nSPS) is 9.70. The Kier molecular flexibility index (Phi) is 5.46. The first-order valence-corrected chi connectivity index (χ1v) is 6.83. The Bertz CT molecular complexity index is 611. The molecule has 0 aliphatic rings. The highest BCUT2D eigenvalue weighted by Gasteiger charge is 1.97. The largest absolute Gasteiger partial charge is 0.489 e. The van der Waals surface area contributed by atoms with Crippen LogP contribution in [-0.2, 0) is 6.61 Å². The molecule has 20 heavy (non-hydrogen) atoms. The number of ether oxygens (including phenoxy) is 1.